The molecule has 0 radical (unpaired) electrons. The first-order valence-corrected chi connectivity index (χ1v) is 11.0. The van der Waals surface area contributed by atoms with Gasteiger partial charge < -0.3 is 4.90 Å². The number of carbonyl (C=O) groups is 1. The van der Waals surface area contributed by atoms with Gasteiger partial charge in [0.25, 0.3) is 0 Å². The number of amides is 1. The number of likely N-dealkylation sites (tertiary alicyclic amines) is 1. The highest BCUT2D eigenvalue weighted by Crippen LogP contribution is 2.34. The lowest BCUT2D eigenvalue weighted by molar-refractivity contribution is -0.188. The topological polar surface area (TPSA) is 57.7 Å². The molecule has 156 valence electrons. The average Bonchev–Trinajstić information content (AvgIpc) is 2.67. The van der Waals surface area contributed by atoms with Gasteiger partial charge in [0.15, 0.2) is 0 Å². The minimum Gasteiger partial charge on any atom is -0.342 e. The molecule has 1 amide bonds. The molecule has 5 nitrogen and oxygen atoms in total. The summed E-state index contributed by atoms with van der Waals surface area (Å²) in [6, 6.07) is 5.86. The molecule has 1 aromatic rings. The third-order valence-corrected chi connectivity index (χ3v) is 7.62. The second kappa shape index (κ2) is 8.20. The van der Waals surface area contributed by atoms with Crippen LogP contribution >= 0.6 is 11.6 Å². The van der Waals surface area contributed by atoms with E-state index in [1.807, 2.05) is 0 Å². The van der Waals surface area contributed by atoms with Crippen LogP contribution in [0, 0.1) is 11.8 Å². The first-order chi connectivity index (χ1) is 13.1. The van der Waals surface area contributed by atoms with Crippen molar-refractivity contribution in [3.05, 3.63) is 29.3 Å². The summed E-state index contributed by atoms with van der Waals surface area (Å²) in [5.74, 6) is -2.21. The van der Waals surface area contributed by atoms with E-state index in [9.17, 15) is 26.4 Å². The molecule has 0 N–H and O–H groups in total. The molecule has 1 aromatic carbocycles. The Bertz CT molecular complexity index is 806. The van der Waals surface area contributed by atoms with Crippen LogP contribution in [-0.2, 0) is 14.8 Å². The van der Waals surface area contributed by atoms with Crippen molar-refractivity contribution >= 4 is 27.5 Å². The number of hydrogen-bond donors (Lipinski definition) is 0. The molecule has 0 saturated carbocycles. The first kappa shape index (κ1) is 21.4. The van der Waals surface area contributed by atoms with E-state index in [0.29, 0.717) is 30.8 Å². The number of hydrogen-bond acceptors (Lipinski definition) is 3. The standard InChI is InChI=1S/C18H22ClF3N2O3S/c19-15-3-5-16(6-4-15)28(26,27)24-10-7-13(8-11-24)17(25)23-9-1-2-14(12-23)18(20,21)22/h3-6,13-14H,1-2,7-12H2/t14-/m1/s1. The van der Waals surface area contributed by atoms with Crippen LogP contribution in [0.3, 0.4) is 0 Å². The Morgan fingerprint density at radius 2 is 1.64 bits per heavy atom. The maximum absolute atomic E-state index is 13.0. The number of alkyl halides is 3. The van der Waals surface area contributed by atoms with Crippen LogP contribution in [0.15, 0.2) is 29.2 Å². The molecule has 2 aliphatic rings. The zero-order chi connectivity index (χ0) is 20.5. The van der Waals surface area contributed by atoms with E-state index in [1.165, 1.54) is 33.5 Å². The summed E-state index contributed by atoms with van der Waals surface area (Å²) in [6.07, 6.45) is -3.31. The van der Waals surface area contributed by atoms with Gasteiger partial charge in [0.1, 0.15) is 0 Å². The van der Waals surface area contributed by atoms with Crippen LogP contribution in [0.1, 0.15) is 25.7 Å². The van der Waals surface area contributed by atoms with Crippen LogP contribution in [-0.4, -0.2) is 55.9 Å². The lowest BCUT2D eigenvalue weighted by Gasteiger charge is -2.38. The summed E-state index contributed by atoms with van der Waals surface area (Å²) in [4.78, 5) is 14.1. The highest BCUT2D eigenvalue weighted by atomic mass is 35.5. The van der Waals surface area contributed by atoms with Crippen LogP contribution < -0.4 is 0 Å². The molecule has 28 heavy (non-hydrogen) atoms. The Morgan fingerprint density at radius 1 is 1.04 bits per heavy atom. The van der Waals surface area contributed by atoms with Gasteiger partial charge in [0.05, 0.1) is 10.8 Å². The SMILES string of the molecule is O=C(C1CCN(S(=O)(=O)c2ccc(Cl)cc2)CC1)N1CCC[C@@H](C(F)(F)F)C1. The lowest BCUT2D eigenvalue weighted by atomic mass is 9.92. The number of nitrogens with zero attached hydrogens (tertiary/aromatic N) is 2. The van der Waals surface area contributed by atoms with Crippen molar-refractivity contribution < 1.29 is 26.4 Å². The first-order valence-electron chi connectivity index (χ1n) is 9.20. The Kier molecular flexibility index (Phi) is 6.26. The molecule has 0 spiro atoms. The highest BCUT2D eigenvalue weighted by molar-refractivity contribution is 7.89. The zero-order valence-corrected chi connectivity index (χ0v) is 16.7. The van der Waals surface area contributed by atoms with Gasteiger partial charge in [0, 0.05) is 37.1 Å². The van der Waals surface area contributed by atoms with Crippen LogP contribution in [0.25, 0.3) is 0 Å². The molecule has 0 unspecified atom stereocenters. The van der Waals surface area contributed by atoms with Gasteiger partial charge in [-0.15, -0.1) is 0 Å². The van der Waals surface area contributed by atoms with Gasteiger partial charge in [-0.25, -0.2) is 8.42 Å². The Balaban J connectivity index is 1.60. The third-order valence-electron chi connectivity index (χ3n) is 5.45. The fraction of sp³-hybridized carbons (Fsp3) is 0.611. The molecule has 0 aromatic heterocycles. The predicted octanol–water partition coefficient (Wildman–Crippen LogP) is 3.54. The largest absolute Gasteiger partial charge is 0.393 e. The maximum Gasteiger partial charge on any atom is 0.393 e. The summed E-state index contributed by atoms with van der Waals surface area (Å²) in [7, 11) is -3.68. The summed E-state index contributed by atoms with van der Waals surface area (Å²) < 4.78 is 65.6. The predicted molar refractivity (Wildman–Crippen MR) is 98.3 cm³/mol. The van der Waals surface area contributed by atoms with Crippen molar-refractivity contribution in [3.63, 3.8) is 0 Å². The van der Waals surface area contributed by atoms with Crippen LogP contribution in [0.5, 0.6) is 0 Å². The molecule has 2 fully saturated rings. The molecular formula is C18H22ClF3N2O3S. The number of rotatable bonds is 3. The van der Waals surface area contributed by atoms with E-state index < -0.39 is 28.0 Å². The van der Waals surface area contributed by atoms with Gasteiger partial charge in [-0.1, -0.05) is 11.6 Å². The minimum atomic E-state index is -4.30. The minimum absolute atomic E-state index is 0.0467. The number of benzene rings is 1. The van der Waals surface area contributed by atoms with Gasteiger partial charge >= 0.3 is 6.18 Å². The quantitative estimate of drug-likeness (QED) is 0.725. The van der Waals surface area contributed by atoms with Crippen molar-refractivity contribution in [2.24, 2.45) is 11.8 Å². The van der Waals surface area contributed by atoms with E-state index >= 15 is 0 Å². The Morgan fingerprint density at radius 3 is 2.21 bits per heavy atom. The van der Waals surface area contributed by atoms with Crippen molar-refractivity contribution in [2.75, 3.05) is 26.2 Å². The van der Waals surface area contributed by atoms with E-state index in [0.717, 1.165) is 0 Å². The molecule has 2 aliphatic heterocycles. The van der Waals surface area contributed by atoms with E-state index in [1.54, 1.807) is 0 Å². The van der Waals surface area contributed by atoms with Gasteiger partial charge in [-0.3, -0.25) is 4.79 Å². The van der Waals surface area contributed by atoms with Crippen molar-refractivity contribution in [1.29, 1.82) is 0 Å². The maximum atomic E-state index is 13.0. The number of carbonyl (C=O) groups excluding carboxylic acids is 1. The molecular weight excluding hydrogens is 417 g/mol. The Hall–Kier alpha value is -1.32. The zero-order valence-electron chi connectivity index (χ0n) is 15.2. The van der Waals surface area contributed by atoms with Gasteiger partial charge in [-0.2, -0.15) is 17.5 Å². The molecule has 3 rings (SSSR count). The second-order valence-electron chi connectivity index (χ2n) is 7.30. The Labute approximate surface area is 167 Å². The van der Waals surface area contributed by atoms with Gasteiger partial charge in [0.2, 0.25) is 15.9 Å². The third kappa shape index (κ3) is 4.63. The molecule has 0 aliphatic carbocycles. The summed E-state index contributed by atoms with van der Waals surface area (Å²) in [5, 5.41) is 0.432. The molecule has 2 heterocycles. The van der Waals surface area contributed by atoms with Crippen molar-refractivity contribution in [3.8, 4) is 0 Å². The number of piperidine rings is 2. The van der Waals surface area contributed by atoms with E-state index in [4.69, 9.17) is 11.6 Å². The van der Waals surface area contributed by atoms with E-state index in [2.05, 4.69) is 0 Å². The summed E-state index contributed by atoms with van der Waals surface area (Å²) in [5.41, 5.74) is 0. The van der Waals surface area contributed by atoms with Crippen LogP contribution in [0.2, 0.25) is 5.02 Å². The normalized spacial score (nSPS) is 23.0. The number of halogens is 4. The van der Waals surface area contributed by atoms with E-state index in [-0.39, 0.29) is 36.9 Å². The van der Waals surface area contributed by atoms with Crippen LogP contribution in [0.4, 0.5) is 13.2 Å². The van der Waals surface area contributed by atoms with Crippen molar-refractivity contribution in [2.45, 2.75) is 36.8 Å². The van der Waals surface area contributed by atoms with Crippen molar-refractivity contribution in [1.82, 2.24) is 9.21 Å². The summed E-state index contributed by atoms with van der Waals surface area (Å²) in [6.45, 7) is 0.357. The average molecular weight is 439 g/mol. The smallest absolute Gasteiger partial charge is 0.342 e. The number of sulfonamides is 1. The summed E-state index contributed by atoms with van der Waals surface area (Å²) >= 11 is 5.79. The second-order valence-corrected chi connectivity index (χ2v) is 9.67. The monoisotopic (exact) mass is 438 g/mol. The molecule has 2 saturated heterocycles. The molecule has 0 bridgehead atoms. The fourth-order valence-corrected chi connectivity index (χ4v) is 5.40. The molecule has 1 atom stereocenters. The lowest BCUT2D eigenvalue weighted by Crippen LogP contribution is -2.49. The highest BCUT2D eigenvalue weighted by Gasteiger charge is 2.44. The van der Waals surface area contributed by atoms with Gasteiger partial charge in [-0.05, 0) is 49.9 Å². The fourth-order valence-electron chi connectivity index (χ4n) is 3.80. The molecule has 10 heteroatoms.